The van der Waals surface area contributed by atoms with Crippen LogP contribution in [0.4, 0.5) is 19.2 Å². The third kappa shape index (κ3) is 4.63. The van der Waals surface area contributed by atoms with Crippen molar-refractivity contribution < 1.29 is 22.4 Å². The van der Waals surface area contributed by atoms with Crippen molar-refractivity contribution in [3.63, 3.8) is 0 Å². The molecule has 0 atom stereocenters. The number of rotatable bonds is 5. The van der Waals surface area contributed by atoms with Crippen LogP contribution < -0.4 is 5.32 Å². The average Bonchev–Trinajstić information content (AvgIpc) is 3.09. The van der Waals surface area contributed by atoms with Crippen LogP contribution in [-0.2, 0) is 11.0 Å². The topological polar surface area (TPSA) is 68.0 Å². The van der Waals surface area contributed by atoms with Crippen molar-refractivity contribution in [2.24, 2.45) is 0 Å². The molecule has 2 aromatic carbocycles. The molecule has 3 rings (SSSR count). The molecule has 1 N–H and O–H groups in total. The van der Waals surface area contributed by atoms with E-state index in [4.69, 9.17) is 4.42 Å². The predicted octanol–water partition coefficient (Wildman–Crippen LogP) is 4.49. The summed E-state index contributed by atoms with van der Waals surface area (Å²) in [6.45, 7) is 0. The van der Waals surface area contributed by atoms with E-state index < -0.39 is 11.7 Å². The van der Waals surface area contributed by atoms with Gasteiger partial charge in [0.1, 0.15) is 0 Å². The molecule has 1 aromatic heterocycles. The second-order valence-electron chi connectivity index (χ2n) is 5.14. The number of nitrogens with zero attached hydrogens (tertiary/aromatic N) is 2. The van der Waals surface area contributed by atoms with Gasteiger partial charge in [0.25, 0.3) is 0 Å². The lowest BCUT2D eigenvalue weighted by molar-refractivity contribution is -0.137. The number of nitrogens with one attached hydrogen (secondary N) is 1. The molecular formula is C17H12F3N3O2S. The van der Waals surface area contributed by atoms with Gasteiger partial charge in [0.2, 0.25) is 11.8 Å². The fraction of sp³-hybridized carbons (Fsp3) is 0.118. The Kier molecular flexibility index (Phi) is 5.27. The summed E-state index contributed by atoms with van der Waals surface area (Å²) in [5.41, 5.74) is -0.447. The van der Waals surface area contributed by atoms with E-state index in [2.05, 4.69) is 15.5 Å². The number of alkyl halides is 3. The van der Waals surface area contributed by atoms with Gasteiger partial charge in [-0.2, -0.15) is 13.2 Å². The van der Waals surface area contributed by atoms with Gasteiger partial charge in [-0.1, -0.05) is 23.3 Å². The molecule has 0 aliphatic heterocycles. The molecule has 1 heterocycles. The zero-order valence-electron chi connectivity index (χ0n) is 13.2. The molecule has 5 nitrogen and oxygen atoms in total. The summed E-state index contributed by atoms with van der Waals surface area (Å²) in [5.74, 6) is -0.159. The number of amides is 1. The number of hydrogen-bond donors (Lipinski definition) is 1. The number of aromatic nitrogens is 2. The maximum Gasteiger partial charge on any atom is 0.416 e. The number of carbonyl (C=O) groups excluding carboxylic acids is 1. The molecular weight excluding hydrogens is 367 g/mol. The van der Waals surface area contributed by atoms with Crippen molar-refractivity contribution in [3.05, 3.63) is 60.2 Å². The summed E-state index contributed by atoms with van der Waals surface area (Å²) >= 11 is 1.35. The van der Waals surface area contributed by atoms with Crippen molar-refractivity contribution in [1.29, 1.82) is 0 Å². The Morgan fingerprint density at radius 3 is 2.38 bits per heavy atom. The van der Waals surface area contributed by atoms with E-state index >= 15 is 0 Å². The Morgan fingerprint density at radius 1 is 1.04 bits per heavy atom. The first-order chi connectivity index (χ1) is 12.4. The number of hydrogen-bond acceptors (Lipinski definition) is 5. The summed E-state index contributed by atoms with van der Waals surface area (Å²) < 4.78 is 43.0. The third-order valence-corrected chi connectivity index (χ3v) is 4.26. The fourth-order valence-corrected chi connectivity index (χ4v) is 2.73. The summed E-state index contributed by atoms with van der Waals surface area (Å²) in [7, 11) is 0. The second-order valence-corrected chi connectivity index (χ2v) is 6.19. The summed E-state index contributed by atoms with van der Waals surface area (Å²) in [5, 5.41) is 9.87. The highest BCUT2D eigenvalue weighted by molar-refractivity contribution is 8.00. The molecule has 0 radical (unpaired) electrons. The molecule has 1 amide bonds. The van der Waals surface area contributed by atoms with E-state index in [0.29, 0.717) is 5.56 Å². The van der Waals surface area contributed by atoms with Crippen LogP contribution in [0.25, 0.3) is 11.5 Å². The highest BCUT2D eigenvalue weighted by Gasteiger charge is 2.30. The van der Waals surface area contributed by atoms with Gasteiger partial charge in [-0.15, -0.1) is 16.9 Å². The maximum atomic E-state index is 12.6. The van der Waals surface area contributed by atoms with Crippen molar-refractivity contribution in [3.8, 4) is 11.5 Å². The van der Waals surface area contributed by atoms with E-state index in [1.165, 1.54) is 23.9 Å². The number of halogens is 3. The molecule has 0 bridgehead atoms. The van der Waals surface area contributed by atoms with Crippen molar-refractivity contribution >= 4 is 23.7 Å². The maximum absolute atomic E-state index is 12.6. The Morgan fingerprint density at radius 2 is 1.73 bits per heavy atom. The molecule has 0 saturated heterocycles. The third-order valence-electron chi connectivity index (χ3n) is 3.24. The van der Waals surface area contributed by atoms with Gasteiger partial charge in [0, 0.05) is 10.5 Å². The van der Waals surface area contributed by atoms with E-state index in [1.54, 1.807) is 0 Å². The number of anilines is 1. The smallest absolute Gasteiger partial charge is 0.403 e. The minimum atomic E-state index is -4.41. The second kappa shape index (κ2) is 7.61. The summed E-state index contributed by atoms with van der Waals surface area (Å²) in [6, 6.07) is 13.6. The van der Waals surface area contributed by atoms with Gasteiger partial charge in [-0.25, -0.2) is 0 Å². The van der Waals surface area contributed by atoms with Gasteiger partial charge in [0.15, 0.2) is 0 Å². The average molecular weight is 379 g/mol. The highest BCUT2D eigenvalue weighted by atomic mass is 32.2. The SMILES string of the molecule is O=C(CSc1ccccc1)Nc1nnc(-c2ccc(C(F)(F)F)cc2)o1. The summed E-state index contributed by atoms with van der Waals surface area (Å²) in [6.07, 6.45) is -4.41. The monoisotopic (exact) mass is 379 g/mol. The van der Waals surface area contributed by atoms with Gasteiger partial charge in [0.05, 0.1) is 11.3 Å². The molecule has 0 fully saturated rings. The first kappa shape index (κ1) is 18.0. The van der Waals surface area contributed by atoms with Crippen molar-refractivity contribution in [1.82, 2.24) is 10.2 Å². The lowest BCUT2D eigenvalue weighted by Crippen LogP contribution is -2.14. The normalized spacial score (nSPS) is 11.3. The number of thioether (sulfide) groups is 1. The first-order valence-electron chi connectivity index (χ1n) is 7.40. The fourth-order valence-electron chi connectivity index (χ4n) is 2.01. The van der Waals surface area contributed by atoms with Crippen LogP contribution >= 0.6 is 11.8 Å². The van der Waals surface area contributed by atoms with Crippen LogP contribution in [0.3, 0.4) is 0 Å². The molecule has 26 heavy (non-hydrogen) atoms. The quantitative estimate of drug-likeness (QED) is 0.662. The van der Waals surface area contributed by atoms with Crippen LogP contribution in [0.2, 0.25) is 0 Å². The number of benzene rings is 2. The summed E-state index contributed by atoms with van der Waals surface area (Å²) in [4.78, 5) is 12.8. The van der Waals surface area contributed by atoms with Gasteiger partial charge < -0.3 is 4.42 Å². The molecule has 134 valence electrons. The van der Waals surface area contributed by atoms with Gasteiger partial charge in [-0.3, -0.25) is 10.1 Å². The Labute approximate surface area is 150 Å². The van der Waals surface area contributed by atoms with Crippen molar-refractivity contribution in [2.75, 3.05) is 11.1 Å². The molecule has 0 spiro atoms. The first-order valence-corrected chi connectivity index (χ1v) is 8.39. The van der Waals surface area contributed by atoms with Crippen LogP contribution in [-0.4, -0.2) is 21.9 Å². The molecule has 3 aromatic rings. The van der Waals surface area contributed by atoms with E-state index in [1.807, 2.05) is 30.3 Å². The van der Waals surface area contributed by atoms with E-state index in [9.17, 15) is 18.0 Å². The van der Waals surface area contributed by atoms with Gasteiger partial charge >= 0.3 is 12.2 Å². The molecule has 0 saturated carbocycles. The minimum Gasteiger partial charge on any atom is -0.403 e. The van der Waals surface area contributed by atoms with Crippen molar-refractivity contribution in [2.45, 2.75) is 11.1 Å². The van der Waals surface area contributed by atoms with Gasteiger partial charge in [-0.05, 0) is 36.4 Å². The highest BCUT2D eigenvalue weighted by Crippen LogP contribution is 2.31. The molecule has 0 unspecified atom stereocenters. The lowest BCUT2D eigenvalue weighted by atomic mass is 10.1. The lowest BCUT2D eigenvalue weighted by Gasteiger charge is -2.05. The minimum absolute atomic E-state index is 0.0183. The predicted molar refractivity (Wildman–Crippen MR) is 90.5 cm³/mol. The van der Waals surface area contributed by atoms with Crippen LogP contribution in [0.1, 0.15) is 5.56 Å². The molecule has 9 heteroatoms. The van der Waals surface area contributed by atoms with Crippen LogP contribution in [0.5, 0.6) is 0 Å². The zero-order valence-corrected chi connectivity index (χ0v) is 14.0. The number of carbonyl (C=O) groups is 1. The Hall–Kier alpha value is -2.81. The molecule has 0 aliphatic rings. The van der Waals surface area contributed by atoms with E-state index in [-0.39, 0.29) is 23.6 Å². The molecule has 0 aliphatic carbocycles. The Balaban J connectivity index is 1.60. The largest absolute Gasteiger partial charge is 0.416 e. The van der Waals surface area contributed by atoms with Crippen LogP contribution in [0, 0.1) is 0 Å². The Bertz CT molecular complexity index is 880. The van der Waals surface area contributed by atoms with E-state index in [0.717, 1.165) is 17.0 Å². The standard InChI is InChI=1S/C17H12F3N3O2S/c18-17(19,20)12-8-6-11(7-9-12)15-22-23-16(25-15)21-14(24)10-26-13-4-2-1-3-5-13/h1-9H,10H2,(H,21,23,24). The van der Waals surface area contributed by atoms with Crippen LogP contribution in [0.15, 0.2) is 63.9 Å². The zero-order chi connectivity index (χ0) is 18.6.